The average Bonchev–Trinajstić information content (AvgIpc) is 3.17. The normalized spacial score (nSPS) is 11.5. The Labute approximate surface area is 161 Å². The molecule has 0 bridgehead atoms. The second-order valence-corrected chi connectivity index (χ2v) is 8.70. The first-order valence-corrected chi connectivity index (χ1v) is 10.5. The number of sulfonamides is 1. The maximum atomic E-state index is 12.9. The molecule has 3 aromatic rings. The third-order valence-corrected chi connectivity index (χ3v) is 6.88. The SMILES string of the molecule is CCN(Cc1ccccc1)S(=O)(=O)c1nnc(NC(=O)c2ccccc2)s1. The van der Waals surface area contributed by atoms with Crippen molar-refractivity contribution in [2.45, 2.75) is 17.8 Å². The lowest BCUT2D eigenvalue weighted by Crippen LogP contribution is -2.30. The molecule has 1 aromatic heterocycles. The molecular formula is C18H18N4O3S2. The number of hydrogen-bond acceptors (Lipinski definition) is 6. The Bertz CT molecular complexity index is 1010. The van der Waals surface area contributed by atoms with Gasteiger partial charge in [-0.15, -0.1) is 10.2 Å². The summed E-state index contributed by atoms with van der Waals surface area (Å²) in [5, 5.41) is 10.3. The van der Waals surface area contributed by atoms with E-state index < -0.39 is 10.0 Å². The molecule has 2 aromatic carbocycles. The number of carbonyl (C=O) groups excluding carboxylic acids is 1. The molecule has 0 unspecified atom stereocenters. The first kappa shape index (κ1) is 19.2. The highest BCUT2D eigenvalue weighted by Crippen LogP contribution is 2.24. The van der Waals surface area contributed by atoms with Crippen LogP contribution in [0, 0.1) is 0 Å². The largest absolute Gasteiger partial charge is 0.296 e. The van der Waals surface area contributed by atoms with E-state index in [1.165, 1.54) is 4.31 Å². The number of aromatic nitrogens is 2. The molecule has 0 saturated carbocycles. The van der Waals surface area contributed by atoms with E-state index >= 15 is 0 Å². The third-order valence-electron chi connectivity index (χ3n) is 3.78. The highest BCUT2D eigenvalue weighted by molar-refractivity contribution is 7.91. The number of benzene rings is 2. The van der Waals surface area contributed by atoms with Crippen molar-refractivity contribution in [2.24, 2.45) is 0 Å². The minimum Gasteiger partial charge on any atom is -0.296 e. The molecule has 0 fully saturated rings. The molecule has 0 aliphatic heterocycles. The van der Waals surface area contributed by atoms with Crippen LogP contribution in [0.1, 0.15) is 22.8 Å². The van der Waals surface area contributed by atoms with Crippen molar-refractivity contribution in [2.75, 3.05) is 11.9 Å². The summed E-state index contributed by atoms with van der Waals surface area (Å²) in [6, 6.07) is 17.9. The predicted octanol–water partition coefficient (Wildman–Crippen LogP) is 3.00. The van der Waals surface area contributed by atoms with Crippen LogP contribution in [-0.2, 0) is 16.6 Å². The van der Waals surface area contributed by atoms with Crippen LogP contribution >= 0.6 is 11.3 Å². The molecule has 3 rings (SSSR count). The Morgan fingerprint density at radius 2 is 1.67 bits per heavy atom. The Kier molecular flexibility index (Phi) is 5.94. The quantitative estimate of drug-likeness (QED) is 0.613. The van der Waals surface area contributed by atoms with E-state index in [1.54, 1.807) is 37.3 Å². The van der Waals surface area contributed by atoms with E-state index in [0.717, 1.165) is 16.9 Å². The van der Waals surface area contributed by atoms with Crippen LogP contribution in [0.3, 0.4) is 0 Å². The molecule has 0 aliphatic rings. The maximum Gasteiger partial charge on any atom is 0.272 e. The van der Waals surface area contributed by atoms with E-state index in [9.17, 15) is 13.2 Å². The van der Waals surface area contributed by atoms with Gasteiger partial charge in [-0.3, -0.25) is 10.1 Å². The first-order chi connectivity index (χ1) is 13.0. The zero-order chi connectivity index (χ0) is 19.3. The predicted molar refractivity (Wildman–Crippen MR) is 104 cm³/mol. The van der Waals surface area contributed by atoms with E-state index in [1.807, 2.05) is 30.3 Å². The highest BCUT2D eigenvalue weighted by atomic mass is 32.2. The van der Waals surface area contributed by atoms with Gasteiger partial charge in [-0.2, -0.15) is 4.31 Å². The van der Waals surface area contributed by atoms with E-state index in [2.05, 4.69) is 15.5 Å². The molecule has 7 nitrogen and oxygen atoms in total. The molecule has 1 N–H and O–H groups in total. The number of nitrogens with one attached hydrogen (secondary N) is 1. The standard InChI is InChI=1S/C18H18N4O3S2/c1-2-22(13-14-9-5-3-6-10-14)27(24,25)18-21-20-17(26-18)19-16(23)15-11-7-4-8-12-15/h3-12H,2,13H2,1H3,(H,19,20,23). The van der Waals surface area contributed by atoms with Gasteiger partial charge >= 0.3 is 0 Å². The van der Waals surface area contributed by atoms with Crippen molar-refractivity contribution in [3.05, 3.63) is 71.8 Å². The number of hydrogen-bond donors (Lipinski definition) is 1. The van der Waals surface area contributed by atoms with Gasteiger partial charge in [-0.1, -0.05) is 66.8 Å². The van der Waals surface area contributed by atoms with Crippen LogP contribution in [0.2, 0.25) is 0 Å². The van der Waals surface area contributed by atoms with Gasteiger partial charge < -0.3 is 0 Å². The lowest BCUT2D eigenvalue weighted by atomic mass is 10.2. The van der Waals surface area contributed by atoms with Crippen LogP contribution in [0.15, 0.2) is 65.0 Å². The monoisotopic (exact) mass is 402 g/mol. The minimum absolute atomic E-state index is 0.137. The topological polar surface area (TPSA) is 92.3 Å². The zero-order valence-corrected chi connectivity index (χ0v) is 16.2. The summed E-state index contributed by atoms with van der Waals surface area (Å²) in [7, 11) is -3.80. The van der Waals surface area contributed by atoms with Crippen molar-refractivity contribution in [1.29, 1.82) is 0 Å². The van der Waals surface area contributed by atoms with Gasteiger partial charge in [0, 0.05) is 18.7 Å². The lowest BCUT2D eigenvalue weighted by Gasteiger charge is -2.18. The Morgan fingerprint density at radius 3 is 2.30 bits per heavy atom. The van der Waals surface area contributed by atoms with Gasteiger partial charge in [0.1, 0.15) is 0 Å². The summed E-state index contributed by atoms with van der Waals surface area (Å²) < 4.78 is 26.9. The molecule has 0 spiro atoms. The highest BCUT2D eigenvalue weighted by Gasteiger charge is 2.28. The van der Waals surface area contributed by atoms with E-state index in [4.69, 9.17) is 0 Å². The molecular weight excluding hydrogens is 384 g/mol. The van der Waals surface area contributed by atoms with Crippen LogP contribution in [-0.4, -0.2) is 35.4 Å². The maximum absolute atomic E-state index is 12.9. The van der Waals surface area contributed by atoms with Crippen molar-refractivity contribution in [3.8, 4) is 0 Å². The first-order valence-electron chi connectivity index (χ1n) is 8.24. The van der Waals surface area contributed by atoms with Gasteiger partial charge in [-0.05, 0) is 17.7 Å². The van der Waals surface area contributed by atoms with Crippen LogP contribution < -0.4 is 5.32 Å². The molecule has 0 saturated heterocycles. The van der Waals surface area contributed by atoms with Gasteiger partial charge in [0.25, 0.3) is 15.9 Å². The third kappa shape index (κ3) is 4.57. The molecule has 1 heterocycles. The van der Waals surface area contributed by atoms with Gasteiger partial charge in [0.15, 0.2) is 0 Å². The molecule has 0 atom stereocenters. The van der Waals surface area contributed by atoms with Gasteiger partial charge in [0.2, 0.25) is 9.47 Å². The number of nitrogens with zero attached hydrogens (tertiary/aromatic N) is 3. The molecule has 0 aliphatic carbocycles. The summed E-state index contributed by atoms with van der Waals surface area (Å²) in [6.07, 6.45) is 0. The Hall–Kier alpha value is -2.62. The zero-order valence-electron chi connectivity index (χ0n) is 14.6. The molecule has 140 valence electrons. The summed E-state index contributed by atoms with van der Waals surface area (Å²) in [5.74, 6) is -0.368. The molecule has 27 heavy (non-hydrogen) atoms. The van der Waals surface area contributed by atoms with Crippen LogP contribution in [0.5, 0.6) is 0 Å². The van der Waals surface area contributed by atoms with Crippen molar-refractivity contribution in [1.82, 2.24) is 14.5 Å². The number of rotatable bonds is 7. The van der Waals surface area contributed by atoms with Gasteiger partial charge in [-0.25, -0.2) is 8.42 Å². The Morgan fingerprint density at radius 1 is 1.04 bits per heavy atom. The number of carbonyl (C=O) groups is 1. The fraction of sp³-hybridized carbons (Fsp3) is 0.167. The molecule has 9 heteroatoms. The second-order valence-electron chi connectivity index (χ2n) is 5.61. The van der Waals surface area contributed by atoms with E-state index in [-0.39, 0.29) is 21.9 Å². The molecule has 1 amide bonds. The fourth-order valence-electron chi connectivity index (χ4n) is 2.39. The van der Waals surface area contributed by atoms with Crippen LogP contribution in [0.4, 0.5) is 5.13 Å². The number of amides is 1. The van der Waals surface area contributed by atoms with Crippen molar-refractivity contribution < 1.29 is 13.2 Å². The summed E-state index contributed by atoms with van der Waals surface area (Å²) >= 11 is 0.833. The van der Waals surface area contributed by atoms with E-state index in [0.29, 0.717) is 12.1 Å². The minimum atomic E-state index is -3.80. The Balaban J connectivity index is 1.76. The smallest absolute Gasteiger partial charge is 0.272 e. The second kappa shape index (κ2) is 8.38. The average molecular weight is 403 g/mol. The van der Waals surface area contributed by atoms with Crippen LogP contribution in [0.25, 0.3) is 0 Å². The fourth-order valence-corrected chi connectivity index (χ4v) is 4.86. The summed E-state index contributed by atoms with van der Waals surface area (Å²) in [6.45, 7) is 2.30. The van der Waals surface area contributed by atoms with Crippen molar-refractivity contribution >= 4 is 32.4 Å². The van der Waals surface area contributed by atoms with Crippen molar-refractivity contribution in [3.63, 3.8) is 0 Å². The molecule has 0 radical (unpaired) electrons. The lowest BCUT2D eigenvalue weighted by molar-refractivity contribution is 0.102. The summed E-state index contributed by atoms with van der Waals surface area (Å²) in [5.41, 5.74) is 1.33. The number of anilines is 1. The summed E-state index contributed by atoms with van der Waals surface area (Å²) in [4.78, 5) is 12.2. The van der Waals surface area contributed by atoms with Gasteiger partial charge in [0.05, 0.1) is 0 Å².